The van der Waals surface area contributed by atoms with Gasteiger partial charge in [0.25, 0.3) is 0 Å². The van der Waals surface area contributed by atoms with Gasteiger partial charge >= 0.3 is 0 Å². The molecule has 0 bridgehead atoms. The van der Waals surface area contributed by atoms with E-state index < -0.39 is 16.1 Å². The van der Waals surface area contributed by atoms with Crippen LogP contribution in [0.15, 0.2) is 29.2 Å². The SMILES string of the molecule is COCCNC(=O)[C@@H]1CCCN1S(=O)(=O)c1ccc(Cl)cc1. The summed E-state index contributed by atoms with van der Waals surface area (Å²) >= 11 is 5.79. The largest absolute Gasteiger partial charge is 0.383 e. The highest BCUT2D eigenvalue weighted by Crippen LogP contribution is 2.26. The number of benzene rings is 1. The highest BCUT2D eigenvalue weighted by molar-refractivity contribution is 7.89. The molecule has 1 aliphatic rings. The van der Waals surface area contributed by atoms with E-state index in [1.54, 1.807) is 7.11 Å². The zero-order chi connectivity index (χ0) is 16.2. The molecule has 1 N–H and O–H groups in total. The highest BCUT2D eigenvalue weighted by Gasteiger charge is 2.39. The molecular formula is C14H19ClN2O4S. The number of hydrogen-bond donors (Lipinski definition) is 1. The van der Waals surface area contributed by atoms with E-state index in [1.165, 1.54) is 28.6 Å². The monoisotopic (exact) mass is 346 g/mol. The Bertz CT molecular complexity index is 618. The van der Waals surface area contributed by atoms with Crippen molar-refractivity contribution in [1.82, 2.24) is 9.62 Å². The number of nitrogens with one attached hydrogen (secondary N) is 1. The van der Waals surface area contributed by atoms with E-state index in [2.05, 4.69) is 5.32 Å². The lowest BCUT2D eigenvalue weighted by molar-refractivity contribution is -0.124. The molecule has 0 aliphatic carbocycles. The van der Waals surface area contributed by atoms with E-state index in [9.17, 15) is 13.2 Å². The van der Waals surface area contributed by atoms with Gasteiger partial charge in [0.15, 0.2) is 0 Å². The summed E-state index contributed by atoms with van der Waals surface area (Å²) < 4.78 is 31.5. The van der Waals surface area contributed by atoms with Crippen LogP contribution >= 0.6 is 11.6 Å². The lowest BCUT2D eigenvalue weighted by Crippen LogP contribution is -2.46. The van der Waals surface area contributed by atoms with Crippen LogP contribution in [0.1, 0.15) is 12.8 Å². The first kappa shape index (κ1) is 17.2. The first-order valence-electron chi connectivity index (χ1n) is 7.01. The number of rotatable bonds is 6. The van der Waals surface area contributed by atoms with Gasteiger partial charge < -0.3 is 10.1 Å². The minimum absolute atomic E-state index is 0.147. The molecule has 1 aromatic carbocycles. The standard InChI is InChI=1S/C14H19ClN2O4S/c1-21-10-8-16-14(18)13-3-2-9-17(13)22(19,20)12-6-4-11(15)5-7-12/h4-7,13H,2-3,8-10H2,1H3,(H,16,18)/t13-/m0/s1. The first-order chi connectivity index (χ1) is 10.5. The van der Waals surface area contributed by atoms with Crippen LogP contribution in [-0.2, 0) is 19.6 Å². The average molecular weight is 347 g/mol. The summed E-state index contributed by atoms with van der Waals surface area (Å²) in [5.41, 5.74) is 0. The highest BCUT2D eigenvalue weighted by atomic mass is 35.5. The molecule has 0 unspecified atom stereocenters. The number of nitrogens with zero attached hydrogens (tertiary/aromatic N) is 1. The third-order valence-corrected chi connectivity index (χ3v) is 5.71. The number of carbonyl (C=O) groups excluding carboxylic acids is 1. The summed E-state index contributed by atoms with van der Waals surface area (Å²) in [6, 6.07) is 5.29. The van der Waals surface area contributed by atoms with Gasteiger partial charge in [-0.3, -0.25) is 4.79 Å². The fourth-order valence-electron chi connectivity index (χ4n) is 2.43. The maximum atomic E-state index is 12.7. The van der Waals surface area contributed by atoms with Crippen molar-refractivity contribution < 1.29 is 17.9 Å². The molecule has 122 valence electrons. The molecule has 8 heteroatoms. The Morgan fingerprint density at radius 3 is 2.73 bits per heavy atom. The van der Waals surface area contributed by atoms with E-state index in [0.717, 1.165) is 0 Å². The Morgan fingerprint density at radius 2 is 2.09 bits per heavy atom. The van der Waals surface area contributed by atoms with Crippen LogP contribution in [0.2, 0.25) is 5.02 Å². The zero-order valence-corrected chi connectivity index (χ0v) is 13.9. The molecule has 1 saturated heterocycles. The Morgan fingerprint density at radius 1 is 1.41 bits per heavy atom. The number of halogens is 1. The third-order valence-electron chi connectivity index (χ3n) is 3.53. The van der Waals surface area contributed by atoms with Crippen LogP contribution in [0.5, 0.6) is 0 Å². The van der Waals surface area contributed by atoms with Crippen LogP contribution < -0.4 is 5.32 Å². The van der Waals surface area contributed by atoms with Crippen molar-refractivity contribution in [3.8, 4) is 0 Å². The summed E-state index contributed by atoms with van der Waals surface area (Å²) in [7, 11) is -2.16. The fourth-order valence-corrected chi connectivity index (χ4v) is 4.21. The van der Waals surface area contributed by atoms with Crippen LogP contribution in [0.3, 0.4) is 0 Å². The number of sulfonamides is 1. The van der Waals surface area contributed by atoms with Crippen LogP contribution in [0, 0.1) is 0 Å². The van der Waals surface area contributed by atoms with Gasteiger partial charge in [0.2, 0.25) is 15.9 Å². The third kappa shape index (κ3) is 3.78. The molecule has 0 aromatic heterocycles. The van der Waals surface area contributed by atoms with Gasteiger partial charge in [0, 0.05) is 25.2 Å². The van der Waals surface area contributed by atoms with Crippen molar-refractivity contribution in [3.63, 3.8) is 0 Å². The van der Waals surface area contributed by atoms with Crippen molar-refractivity contribution in [2.24, 2.45) is 0 Å². The molecule has 1 atom stereocenters. The zero-order valence-electron chi connectivity index (χ0n) is 12.3. The molecular weight excluding hydrogens is 328 g/mol. The van der Waals surface area contributed by atoms with E-state index in [4.69, 9.17) is 16.3 Å². The second-order valence-electron chi connectivity index (χ2n) is 5.01. The molecule has 2 rings (SSSR count). The van der Waals surface area contributed by atoms with Crippen molar-refractivity contribution in [1.29, 1.82) is 0 Å². The maximum absolute atomic E-state index is 12.7. The average Bonchev–Trinajstić information content (AvgIpc) is 2.98. The molecule has 1 fully saturated rings. The van der Waals surface area contributed by atoms with Gasteiger partial charge in [-0.15, -0.1) is 0 Å². The second-order valence-corrected chi connectivity index (χ2v) is 7.34. The van der Waals surface area contributed by atoms with E-state index in [1.807, 2.05) is 0 Å². The summed E-state index contributed by atoms with van der Waals surface area (Å²) in [5, 5.41) is 3.16. The number of carbonyl (C=O) groups is 1. The topological polar surface area (TPSA) is 75.7 Å². The molecule has 22 heavy (non-hydrogen) atoms. The van der Waals surface area contributed by atoms with E-state index in [0.29, 0.717) is 37.6 Å². The van der Waals surface area contributed by atoms with E-state index >= 15 is 0 Å². The lowest BCUT2D eigenvalue weighted by Gasteiger charge is -2.23. The summed E-state index contributed by atoms with van der Waals surface area (Å²) in [5.74, 6) is -0.285. The lowest BCUT2D eigenvalue weighted by atomic mass is 10.2. The van der Waals surface area contributed by atoms with E-state index in [-0.39, 0.29) is 10.8 Å². The summed E-state index contributed by atoms with van der Waals surface area (Å²) in [6.07, 6.45) is 1.18. The first-order valence-corrected chi connectivity index (χ1v) is 8.82. The van der Waals surface area contributed by atoms with Crippen LogP contribution in [0.4, 0.5) is 0 Å². The smallest absolute Gasteiger partial charge is 0.243 e. The molecule has 0 radical (unpaired) electrons. The molecule has 1 aromatic rings. The summed E-state index contributed by atoms with van der Waals surface area (Å²) in [4.78, 5) is 12.3. The predicted octanol–water partition coefficient (Wildman–Crippen LogP) is 1.26. The fraction of sp³-hybridized carbons (Fsp3) is 0.500. The number of ether oxygens (including phenoxy) is 1. The van der Waals surface area contributed by atoms with Crippen molar-refractivity contribution in [2.75, 3.05) is 26.8 Å². The molecule has 1 heterocycles. The minimum Gasteiger partial charge on any atom is -0.383 e. The number of amides is 1. The van der Waals surface area contributed by atoms with Gasteiger partial charge in [-0.25, -0.2) is 8.42 Å². The Balaban J connectivity index is 2.15. The van der Waals surface area contributed by atoms with Crippen molar-refractivity contribution in [3.05, 3.63) is 29.3 Å². The van der Waals surface area contributed by atoms with Gasteiger partial charge in [-0.05, 0) is 37.1 Å². The summed E-state index contributed by atoms with van der Waals surface area (Å²) in [6.45, 7) is 1.09. The van der Waals surface area contributed by atoms with Gasteiger partial charge in [0.05, 0.1) is 11.5 Å². The van der Waals surface area contributed by atoms with Crippen molar-refractivity contribution in [2.45, 2.75) is 23.8 Å². The Hall–Kier alpha value is -1.15. The molecule has 0 spiro atoms. The van der Waals surface area contributed by atoms with Gasteiger partial charge in [-0.2, -0.15) is 4.31 Å². The molecule has 1 amide bonds. The number of methoxy groups -OCH3 is 1. The number of hydrogen-bond acceptors (Lipinski definition) is 4. The normalized spacial score (nSPS) is 19.3. The molecule has 0 saturated carbocycles. The van der Waals surface area contributed by atoms with Crippen LogP contribution in [-0.4, -0.2) is 51.5 Å². The Labute approximate surface area is 135 Å². The van der Waals surface area contributed by atoms with Crippen molar-refractivity contribution >= 4 is 27.5 Å². The quantitative estimate of drug-likeness (QED) is 0.787. The molecule has 6 nitrogen and oxygen atoms in total. The molecule has 1 aliphatic heterocycles. The van der Waals surface area contributed by atoms with Crippen LogP contribution in [0.25, 0.3) is 0 Å². The predicted molar refractivity (Wildman–Crippen MR) is 83.3 cm³/mol. The Kier molecular flexibility index (Phi) is 5.80. The van der Waals surface area contributed by atoms with Gasteiger partial charge in [-0.1, -0.05) is 11.6 Å². The van der Waals surface area contributed by atoms with Gasteiger partial charge in [0.1, 0.15) is 6.04 Å². The maximum Gasteiger partial charge on any atom is 0.243 e. The minimum atomic E-state index is -3.70. The second kappa shape index (κ2) is 7.41.